The molecule has 21 heavy (non-hydrogen) atoms. The van der Waals surface area contributed by atoms with E-state index < -0.39 is 0 Å². The molecule has 0 atom stereocenters. The van der Waals surface area contributed by atoms with Gasteiger partial charge in [-0.25, -0.2) is 4.98 Å². The zero-order valence-corrected chi connectivity index (χ0v) is 15.8. The maximum Gasteiger partial charge on any atom is 0.112 e. The van der Waals surface area contributed by atoms with Crippen molar-refractivity contribution in [3.05, 3.63) is 17.2 Å². The first-order valence-corrected chi connectivity index (χ1v) is 8.69. The van der Waals surface area contributed by atoms with Gasteiger partial charge in [-0.2, -0.15) is 0 Å². The smallest absolute Gasteiger partial charge is 0.112 e. The van der Waals surface area contributed by atoms with Crippen molar-refractivity contribution in [3.63, 3.8) is 0 Å². The van der Waals surface area contributed by atoms with E-state index in [2.05, 4.69) is 67.3 Å². The van der Waals surface area contributed by atoms with Gasteiger partial charge < -0.3 is 4.98 Å². The van der Waals surface area contributed by atoms with Crippen LogP contribution in [0.3, 0.4) is 0 Å². The fourth-order valence-corrected chi connectivity index (χ4v) is 2.83. The summed E-state index contributed by atoms with van der Waals surface area (Å²) >= 11 is 0. The van der Waals surface area contributed by atoms with Crippen LogP contribution >= 0.6 is 0 Å². The van der Waals surface area contributed by atoms with Gasteiger partial charge in [0.2, 0.25) is 0 Å². The van der Waals surface area contributed by atoms with Crippen molar-refractivity contribution in [1.82, 2.24) is 9.97 Å². The summed E-state index contributed by atoms with van der Waals surface area (Å²) in [6, 6.07) is 0. The number of aromatic nitrogens is 2. The summed E-state index contributed by atoms with van der Waals surface area (Å²) in [5, 5.41) is 0. The maximum absolute atomic E-state index is 5.10. The van der Waals surface area contributed by atoms with Crippen LogP contribution in [0.4, 0.5) is 0 Å². The van der Waals surface area contributed by atoms with Crippen LogP contribution in [0, 0.1) is 0 Å². The van der Waals surface area contributed by atoms with E-state index >= 15 is 0 Å². The molecule has 0 radical (unpaired) electrons. The molecule has 0 saturated heterocycles. The van der Waals surface area contributed by atoms with Crippen molar-refractivity contribution < 1.29 is 0 Å². The van der Waals surface area contributed by atoms with E-state index in [4.69, 9.17) is 4.98 Å². The van der Waals surface area contributed by atoms with E-state index in [0.29, 0.717) is 0 Å². The first-order valence-electron chi connectivity index (χ1n) is 8.69. The predicted octanol–water partition coefficient (Wildman–Crippen LogP) is 5.86. The molecule has 122 valence electrons. The van der Waals surface area contributed by atoms with Crippen LogP contribution in [0.15, 0.2) is 0 Å². The van der Waals surface area contributed by atoms with Gasteiger partial charge in [0, 0.05) is 21.9 Å². The highest BCUT2D eigenvalue weighted by molar-refractivity contribution is 5.31. The van der Waals surface area contributed by atoms with Crippen LogP contribution in [0.2, 0.25) is 0 Å². The van der Waals surface area contributed by atoms with E-state index in [1.165, 1.54) is 17.2 Å². The van der Waals surface area contributed by atoms with Gasteiger partial charge in [-0.1, -0.05) is 62.3 Å². The number of nitrogens with zero attached hydrogens (tertiary/aromatic N) is 1. The van der Waals surface area contributed by atoms with Gasteiger partial charge in [-0.05, 0) is 25.7 Å². The number of aromatic amines is 1. The van der Waals surface area contributed by atoms with Gasteiger partial charge in [-0.3, -0.25) is 0 Å². The lowest BCUT2D eigenvalue weighted by atomic mass is 9.76. The minimum atomic E-state index is 0.0814. The molecule has 1 rings (SSSR count). The minimum absolute atomic E-state index is 0.0814. The average molecular weight is 293 g/mol. The summed E-state index contributed by atoms with van der Waals surface area (Å²) in [7, 11) is 0. The standard InChI is InChI=1S/C19H36N2/c1-10-18(8,11-2)15-14(17(5,6)7)20-16(21-15)19(9,12-3)13-4/h10-13H2,1-9H3,(H,20,21). The Morgan fingerprint density at radius 2 is 1.19 bits per heavy atom. The summed E-state index contributed by atoms with van der Waals surface area (Å²) in [6.45, 7) is 20.6. The highest BCUT2D eigenvalue weighted by Gasteiger charge is 2.36. The number of imidazole rings is 1. The van der Waals surface area contributed by atoms with Crippen molar-refractivity contribution in [2.75, 3.05) is 0 Å². The Bertz CT molecular complexity index is 454. The molecule has 0 aromatic carbocycles. The van der Waals surface area contributed by atoms with Gasteiger partial charge in [0.1, 0.15) is 5.82 Å². The summed E-state index contributed by atoms with van der Waals surface area (Å²) in [4.78, 5) is 8.86. The lowest BCUT2D eigenvalue weighted by Gasteiger charge is -2.30. The third kappa shape index (κ3) is 3.35. The third-order valence-corrected chi connectivity index (χ3v) is 5.71. The van der Waals surface area contributed by atoms with Crippen LogP contribution in [0.25, 0.3) is 0 Å². The number of hydrogen-bond donors (Lipinski definition) is 1. The molecule has 0 unspecified atom stereocenters. The highest BCUT2D eigenvalue weighted by Crippen LogP contribution is 2.39. The molecule has 1 aromatic heterocycles. The van der Waals surface area contributed by atoms with E-state index in [9.17, 15) is 0 Å². The van der Waals surface area contributed by atoms with Gasteiger partial charge in [-0.15, -0.1) is 0 Å². The topological polar surface area (TPSA) is 28.7 Å². The van der Waals surface area contributed by atoms with Crippen LogP contribution in [-0.2, 0) is 16.2 Å². The molecule has 1 heterocycles. The molecule has 0 fully saturated rings. The predicted molar refractivity (Wildman–Crippen MR) is 93.2 cm³/mol. The number of hydrogen-bond acceptors (Lipinski definition) is 1. The van der Waals surface area contributed by atoms with Crippen molar-refractivity contribution in [2.24, 2.45) is 0 Å². The second kappa shape index (κ2) is 6.14. The molecule has 1 aromatic rings. The second-order valence-electron chi connectivity index (χ2n) is 8.09. The van der Waals surface area contributed by atoms with Crippen LogP contribution < -0.4 is 0 Å². The zero-order valence-electron chi connectivity index (χ0n) is 15.8. The lowest BCUT2D eigenvalue weighted by Crippen LogP contribution is -2.26. The van der Waals surface area contributed by atoms with E-state index in [1.807, 2.05) is 0 Å². The number of H-pyrrole nitrogens is 1. The van der Waals surface area contributed by atoms with E-state index in [0.717, 1.165) is 25.7 Å². The first kappa shape index (κ1) is 18.3. The normalized spacial score (nSPS) is 13.8. The maximum atomic E-state index is 5.10. The molecule has 0 aliphatic heterocycles. The molecule has 0 spiro atoms. The Balaban J connectivity index is 3.54. The third-order valence-electron chi connectivity index (χ3n) is 5.71. The van der Waals surface area contributed by atoms with E-state index in [-0.39, 0.29) is 16.2 Å². The molecular weight excluding hydrogens is 256 g/mol. The van der Waals surface area contributed by atoms with Crippen LogP contribution in [-0.4, -0.2) is 9.97 Å². The lowest BCUT2D eigenvalue weighted by molar-refractivity contribution is 0.401. The number of rotatable bonds is 6. The van der Waals surface area contributed by atoms with Gasteiger partial charge in [0.15, 0.2) is 0 Å². The summed E-state index contributed by atoms with van der Waals surface area (Å²) in [6.07, 6.45) is 4.52. The molecule has 0 aliphatic rings. The van der Waals surface area contributed by atoms with Crippen molar-refractivity contribution >= 4 is 0 Å². The SMILES string of the molecule is CCC(C)(CC)c1nc(C(C)(C)C)c(C(C)(CC)CC)[nH]1. The Morgan fingerprint density at radius 3 is 1.52 bits per heavy atom. The largest absolute Gasteiger partial charge is 0.345 e. The van der Waals surface area contributed by atoms with E-state index in [1.54, 1.807) is 0 Å². The first-order chi connectivity index (χ1) is 9.57. The molecule has 0 amide bonds. The van der Waals surface area contributed by atoms with Crippen LogP contribution in [0.1, 0.15) is 105 Å². The Hall–Kier alpha value is -0.790. The zero-order chi connectivity index (χ0) is 16.5. The molecule has 2 nitrogen and oxygen atoms in total. The molecular formula is C19H36N2. The number of nitrogens with one attached hydrogen (secondary N) is 1. The summed E-state index contributed by atoms with van der Waals surface area (Å²) < 4.78 is 0. The highest BCUT2D eigenvalue weighted by atomic mass is 15.0. The molecule has 0 aliphatic carbocycles. The van der Waals surface area contributed by atoms with Gasteiger partial charge >= 0.3 is 0 Å². The minimum Gasteiger partial charge on any atom is -0.345 e. The molecule has 0 bridgehead atoms. The fraction of sp³-hybridized carbons (Fsp3) is 0.842. The van der Waals surface area contributed by atoms with Crippen molar-refractivity contribution in [1.29, 1.82) is 0 Å². The monoisotopic (exact) mass is 292 g/mol. The summed E-state index contributed by atoms with van der Waals surface area (Å²) in [5.74, 6) is 1.18. The van der Waals surface area contributed by atoms with Crippen LogP contribution in [0.5, 0.6) is 0 Å². The Labute approximate surface area is 132 Å². The summed E-state index contributed by atoms with van der Waals surface area (Å²) in [5.41, 5.74) is 3.05. The van der Waals surface area contributed by atoms with Crippen molar-refractivity contribution in [2.45, 2.75) is 104 Å². The molecule has 1 N–H and O–H groups in total. The molecule has 2 heteroatoms. The average Bonchev–Trinajstić information content (AvgIpc) is 2.92. The Kier molecular flexibility index (Phi) is 5.34. The second-order valence-corrected chi connectivity index (χ2v) is 8.09. The molecule has 0 saturated carbocycles. The Morgan fingerprint density at radius 1 is 0.762 bits per heavy atom. The quantitative estimate of drug-likeness (QED) is 0.698. The fourth-order valence-electron chi connectivity index (χ4n) is 2.83. The van der Waals surface area contributed by atoms with Gasteiger partial charge in [0.05, 0.1) is 5.69 Å². The van der Waals surface area contributed by atoms with Gasteiger partial charge in [0.25, 0.3) is 0 Å². The van der Waals surface area contributed by atoms with Crippen molar-refractivity contribution in [3.8, 4) is 0 Å².